The standard InChI is InChI=1S/C15H23BrFNO/c1-6-15(3,4)14(18-7-2)10-8-11(16)12(17)9-13(10)19-5/h8-9,14,18H,6-7H2,1-5H3. The van der Waals surface area contributed by atoms with Crippen molar-refractivity contribution in [2.24, 2.45) is 5.41 Å². The third-order valence-corrected chi connectivity index (χ3v) is 4.29. The van der Waals surface area contributed by atoms with Gasteiger partial charge in [0.05, 0.1) is 11.6 Å². The molecule has 0 saturated heterocycles. The van der Waals surface area contributed by atoms with Crippen LogP contribution >= 0.6 is 15.9 Å². The lowest BCUT2D eigenvalue weighted by atomic mass is 9.78. The van der Waals surface area contributed by atoms with E-state index in [0.29, 0.717) is 10.2 Å². The summed E-state index contributed by atoms with van der Waals surface area (Å²) in [5.74, 6) is 0.290. The highest BCUT2D eigenvalue weighted by molar-refractivity contribution is 9.10. The quantitative estimate of drug-likeness (QED) is 0.816. The fourth-order valence-electron chi connectivity index (χ4n) is 2.16. The Morgan fingerprint density at radius 1 is 1.37 bits per heavy atom. The van der Waals surface area contributed by atoms with Crippen molar-refractivity contribution in [3.05, 3.63) is 28.0 Å². The van der Waals surface area contributed by atoms with Gasteiger partial charge in [-0.05, 0) is 40.4 Å². The molecule has 0 radical (unpaired) electrons. The molecule has 0 aliphatic rings. The lowest BCUT2D eigenvalue weighted by Crippen LogP contribution is -2.34. The highest BCUT2D eigenvalue weighted by Crippen LogP contribution is 2.41. The van der Waals surface area contributed by atoms with E-state index in [0.717, 1.165) is 18.5 Å². The average Bonchev–Trinajstić information content (AvgIpc) is 2.38. The molecule has 0 fully saturated rings. The van der Waals surface area contributed by atoms with E-state index in [-0.39, 0.29) is 17.3 Å². The SMILES string of the molecule is CCNC(c1cc(Br)c(F)cc1OC)C(C)(C)CC. The van der Waals surface area contributed by atoms with Gasteiger partial charge in [-0.15, -0.1) is 0 Å². The molecule has 1 unspecified atom stereocenters. The van der Waals surface area contributed by atoms with E-state index < -0.39 is 0 Å². The zero-order valence-corrected chi connectivity index (χ0v) is 13.9. The van der Waals surface area contributed by atoms with Gasteiger partial charge in [0, 0.05) is 17.7 Å². The highest BCUT2D eigenvalue weighted by atomic mass is 79.9. The number of hydrogen-bond acceptors (Lipinski definition) is 2. The summed E-state index contributed by atoms with van der Waals surface area (Å²) in [6.45, 7) is 9.50. The summed E-state index contributed by atoms with van der Waals surface area (Å²) in [5.41, 5.74) is 1.05. The van der Waals surface area contributed by atoms with Crippen molar-refractivity contribution in [2.75, 3.05) is 13.7 Å². The fraction of sp³-hybridized carbons (Fsp3) is 0.600. The molecule has 1 aromatic rings. The Bertz CT molecular complexity index is 434. The molecule has 108 valence electrons. The van der Waals surface area contributed by atoms with Crippen LogP contribution in [-0.2, 0) is 0 Å². The van der Waals surface area contributed by atoms with Gasteiger partial charge in [0.15, 0.2) is 0 Å². The summed E-state index contributed by atoms with van der Waals surface area (Å²) < 4.78 is 19.4. The van der Waals surface area contributed by atoms with Gasteiger partial charge in [0.25, 0.3) is 0 Å². The summed E-state index contributed by atoms with van der Waals surface area (Å²) in [5, 5.41) is 3.49. The topological polar surface area (TPSA) is 21.3 Å². The van der Waals surface area contributed by atoms with Gasteiger partial charge in [-0.1, -0.05) is 27.7 Å². The molecule has 0 bridgehead atoms. The van der Waals surface area contributed by atoms with Crippen LogP contribution < -0.4 is 10.1 Å². The van der Waals surface area contributed by atoms with Crippen molar-refractivity contribution in [1.29, 1.82) is 0 Å². The molecule has 1 N–H and O–H groups in total. The van der Waals surface area contributed by atoms with E-state index in [2.05, 4.69) is 48.9 Å². The first-order chi connectivity index (χ1) is 8.87. The van der Waals surface area contributed by atoms with Crippen LogP contribution in [0.2, 0.25) is 0 Å². The first-order valence-corrected chi connectivity index (χ1v) is 7.43. The molecule has 0 spiro atoms. The number of rotatable bonds is 6. The zero-order valence-electron chi connectivity index (χ0n) is 12.3. The molecule has 0 aliphatic heterocycles. The van der Waals surface area contributed by atoms with Crippen LogP contribution in [0.3, 0.4) is 0 Å². The molecular formula is C15H23BrFNO. The van der Waals surface area contributed by atoms with Gasteiger partial charge >= 0.3 is 0 Å². The maximum atomic E-state index is 13.6. The second kappa shape index (κ2) is 6.71. The van der Waals surface area contributed by atoms with E-state index in [1.807, 2.05) is 6.07 Å². The minimum atomic E-state index is -0.301. The van der Waals surface area contributed by atoms with Gasteiger partial charge in [0.1, 0.15) is 11.6 Å². The Hall–Kier alpha value is -0.610. The number of halogens is 2. The first-order valence-electron chi connectivity index (χ1n) is 6.63. The Balaban J connectivity index is 3.33. The second-order valence-electron chi connectivity index (χ2n) is 5.34. The van der Waals surface area contributed by atoms with Crippen LogP contribution in [0.4, 0.5) is 4.39 Å². The van der Waals surface area contributed by atoms with Crippen LogP contribution in [0.1, 0.15) is 45.7 Å². The van der Waals surface area contributed by atoms with Crippen molar-refractivity contribution >= 4 is 15.9 Å². The van der Waals surface area contributed by atoms with Crippen molar-refractivity contribution < 1.29 is 9.13 Å². The summed E-state index contributed by atoms with van der Waals surface area (Å²) in [4.78, 5) is 0. The minimum Gasteiger partial charge on any atom is -0.496 e. The number of methoxy groups -OCH3 is 1. The number of benzene rings is 1. The zero-order chi connectivity index (χ0) is 14.6. The number of ether oxygens (including phenoxy) is 1. The predicted molar refractivity (Wildman–Crippen MR) is 81.1 cm³/mol. The molecule has 19 heavy (non-hydrogen) atoms. The molecule has 0 aliphatic carbocycles. The molecular weight excluding hydrogens is 309 g/mol. The lowest BCUT2D eigenvalue weighted by Gasteiger charge is -2.35. The van der Waals surface area contributed by atoms with Crippen molar-refractivity contribution in [2.45, 2.75) is 40.2 Å². The van der Waals surface area contributed by atoms with Gasteiger partial charge in [-0.25, -0.2) is 4.39 Å². The van der Waals surface area contributed by atoms with Crippen LogP contribution in [0, 0.1) is 11.2 Å². The third kappa shape index (κ3) is 3.69. The van der Waals surface area contributed by atoms with Crippen molar-refractivity contribution in [1.82, 2.24) is 5.32 Å². The smallest absolute Gasteiger partial charge is 0.141 e. The average molecular weight is 332 g/mol. The maximum Gasteiger partial charge on any atom is 0.141 e. The molecule has 1 aromatic carbocycles. The van der Waals surface area contributed by atoms with Crippen LogP contribution in [0.5, 0.6) is 5.75 Å². The summed E-state index contributed by atoms with van der Waals surface area (Å²) in [6, 6.07) is 3.38. The van der Waals surface area contributed by atoms with E-state index in [9.17, 15) is 4.39 Å². The summed E-state index contributed by atoms with van der Waals surface area (Å²) >= 11 is 3.26. The predicted octanol–water partition coefficient (Wildman–Crippen LogP) is 4.68. The van der Waals surface area contributed by atoms with Crippen molar-refractivity contribution in [3.63, 3.8) is 0 Å². The van der Waals surface area contributed by atoms with Gasteiger partial charge < -0.3 is 10.1 Å². The monoisotopic (exact) mass is 331 g/mol. The maximum absolute atomic E-state index is 13.6. The Morgan fingerprint density at radius 3 is 2.47 bits per heavy atom. The number of hydrogen-bond donors (Lipinski definition) is 1. The molecule has 1 rings (SSSR count). The van der Waals surface area contributed by atoms with E-state index >= 15 is 0 Å². The fourth-order valence-corrected chi connectivity index (χ4v) is 2.52. The molecule has 0 heterocycles. The molecule has 0 amide bonds. The van der Waals surface area contributed by atoms with E-state index in [1.54, 1.807) is 7.11 Å². The van der Waals surface area contributed by atoms with Gasteiger partial charge in [-0.3, -0.25) is 0 Å². The molecule has 0 aromatic heterocycles. The van der Waals surface area contributed by atoms with Gasteiger partial charge in [0.2, 0.25) is 0 Å². The third-order valence-electron chi connectivity index (χ3n) is 3.68. The van der Waals surface area contributed by atoms with Gasteiger partial charge in [-0.2, -0.15) is 0 Å². The molecule has 1 atom stereocenters. The van der Waals surface area contributed by atoms with E-state index in [4.69, 9.17) is 4.74 Å². The molecule has 4 heteroatoms. The summed E-state index contributed by atoms with van der Waals surface area (Å²) in [6.07, 6.45) is 1.02. The van der Waals surface area contributed by atoms with Crippen molar-refractivity contribution in [3.8, 4) is 5.75 Å². The molecule has 0 saturated carbocycles. The Labute approximate surface area is 123 Å². The van der Waals surface area contributed by atoms with Crippen LogP contribution in [-0.4, -0.2) is 13.7 Å². The van der Waals surface area contributed by atoms with Crippen LogP contribution in [0.15, 0.2) is 16.6 Å². The van der Waals surface area contributed by atoms with E-state index in [1.165, 1.54) is 6.07 Å². The largest absolute Gasteiger partial charge is 0.496 e. The normalized spacial score (nSPS) is 13.4. The number of nitrogens with one attached hydrogen (secondary N) is 1. The van der Waals surface area contributed by atoms with Crippen LogP contribution in [0.25, 0.3) is 0 Å². The summed E-state index contributed by atoms with van der Waals surface area (Å²) in [7, 11) is 1.58. The first kappa shape index (κ1) is 16.4. The minimum absolute atomic E-state index is 0.0561. The Morgan fingerprint density at radius 2 is 2.00 bits per heavy atom. The second-order valence-corrected chi connectivity index (χ2v) is 6.20. The lowest BCUT2D eigenvalue weighted by molar-refractivity contribution is 0.231. The molecule has 2 nitrogen and oxygen atoms in total. The highest BCUT2D eigenvalue weighted by Gasteiger charge is 2.31. The Kier molecular flexibility index (Phi) is 5.81.